The lowest BCUT2D eigenvalue weighted by molar-refractivity contribution is -0.296. The first kappa shape index (κ1) is 19.8. The van der Waals surface area contributed by atoms with Gasteiger partial charge in [0.15, 0.2) is 6.29 Å². The highest BCUT2D eigenvalue weighted by molar-refractivity contribution is 5.68. The maximum Gasteiger partial charge on any atom is 0.410 e. The fraction of sp³-hybridized carbons (Fsp3) is 0.409. The highest BCUT2D eigenvalue weighted by atomic mass is 16.7. The Morgan fingerprint density at radius 3 is 2.52 bits per heavy atom. The van der Waals surface area contributed by atoms with E-state index in [0.717, 1.165) is 11.1 Å². The van der Waals surface area contributed by atoms with E-state index in [1.165, 1.54) is 11.8 Å². The van der Waals surface area contributed by atoms with Gasteiger partial charge in [-0.3, -0.25) is 4.90 Å². The molecule has 2 heterocycles. The van der Waals surface area contributed by atoms with Gasteiger partial charge in [-0.05, 0) is 12.5 Å². The van der Waals surface area contributed by atoms with Crippen LogP contribution in [0.4, 0.5) is 4.79 Å². The number of amides is 1. The van der Waals surface area contributed by atoms with Crippen LogP contribution in [0.15, 0.2) is 60.7 Å². The molecule has 2 aliphatic heterocycles. The smallest absolute Gasteiger partial charge is 0.410 e. The maximum absolute atomic E-state index is 12.8. The number of β-amino-alcohol motifs (C(OH)–C–C–N with tert-alkyl or cyclic N) is 1. The molecule has 0 bridgehead atoms. The fourth-order valence-electron chi connectivity index (χ4n) is 3.80. The number of likely N-dealkylation sites (tertiary alicyclic amines) is 1. The first-order valence-electron chi connectivity index (χ1n) is 9.65. The molecule has 0 radical (unpaired) electrons. The second-order valence-electron chi connectivity index (χ2n) is 7.71. The van der Waals surface area contributed by atoms with Crippen LogP contribution in [0.2, 0.25) is 0 Å². The molecule has 2 aliphatic rings. The Hall–Kier alpha value is -2.45. The van der Waals surface area contributed by atoms with Gasteiger partial charge < -0.3 is 24.4 Å². The second-order valence-corrected chi connectivity index (χ2v) is 7.71. The summed E-state index contributed by atoms with van der Waals surface area (Å²) in [5.41, 5.74) is 0.133. The number of carbonyl (C=O) groups excluding carboxylic acids is 1. The van der Waals surface area contributed by atoms with Crippen molar-refractivity contribution in [3.63, 3.8) is 0 Å². The number of hydrogen-bond acceptors (Lipinski definition) is 6. The van der Waals surface area contributed by atoms with Gasteiger partial charge in [-0.25, -0.2) is 4.79 Å². The van der Waals surface area contributed by atoms with Crippen molar-refractivity contribution in [1.82, 2.24) is 4.90 Å². The molecule has 0 aromatic heterocycles. The van der Waals surface area contributed by atoms with Crippen LogP contribution in [-0.4, -0.2) is 58.2 Å². The van der Waals surface area contributed by atoms with E-state index in [2.05, 4.69) is 0 Å². The minimum atomic E-state index is -1.54. The SMILES string of the molecule is C[C@]1(O)CN(C(=O)OCc2ccccc2)[C@@H]2CO[C@@H](c3ccccc3)O[C@H]2[C@@H]1O. The van der Waals surface area contributed by atoms with Crippen LogP contribution >= 0.6 is 0 Å². The predicted molar refractivity (Wildman–Crippen MR) is 104 cm³/mol. The molecule has 0 aliphatic carbocycles. The molecule has 7 nitrogen and oxygen atoms in total. The lowest BCUT2D eigenvalue weighted by Gasteiger charge is -2.52. The van der Waals surface area contributed by atoms with Crippen molar-refractivity contribution in [3.8, 4) is 0 Å². The van der Waals surface area contributed by atoms with Gasteiger partial charge in [0.2, 0.25) is 0 Å². The van der Waals surface area contributed by atoms with Gasteiger partial charge in [0.25, 0.3) is 0 Å². The zero-order valence-electron chi connectivity index (χ0n) is 16.2. The number of aliphatic hydroxyl groups excluding tert-OH is 1. The molecule has 0 saturated carbocycles. The first-order valence-corrected chi connectivity index (χ1v) is 9.65. The van der Waals surface area contributed by atoms with Crippen molar-refractivity contribution >= 4 is 6.09 Å². The van der Waals surface area contributed by atoms with Gasteiger partial charge in [-0.2, -0.15) is 0 Å². The minimum absolute atomic E-state index is 0.0777. The molecule has 2 aromatic carbocycles. The van der Waals surface area contributed by atoms with Gasteiger partial charge in [-0.15, -0.1) is 0 Å². The van der Waals surface area contributed by atoms with Crippen molar-refractivity contribution in [2.75, 3.05) is 13.2 Å². The van der Waals surface area contributed by atoms with Gasteiger partial charge in [0.05, 0.1) is 19.2 Å². The molecule has 2 saturated heterocycles. The molecule has 2 N–H and O–H groups in total. The third-order valence-electron chi connectivity index (χ3n) is 5.43. The summed E-state index contributed by atoms with van der Waals surface area (Å²) in [5.74, 6) is 0. The van der Waals surface area contributed by atoms with Gasteiger partial charge in [0, 0.05) is 5.56 Å². The van der Waals surface area contributed by atoms with E-state index in [-0.39, 0.29) is 19.8 Å². The Morgan fingerprint density at radius 2 is 1.83 bits per heavy atom. The molecule has 2 aromatic rings. The summed E-state index contributed by atoms with van der Waals surface area (Å²) in [5, 5.41) is 21.4. The Kier molecular flexibility index (Phi) is 5.56. The molecule has 7 heteroatoms. The van der Waals surface area contributed by atoms with E-state index in [0.29, 0.717) is 0 Å². The zero-order valence-corrected chi connectivity index (χ0v) is 16.2. The van der Waals surface area contributed by atoms with Gasteiger partial charge >= 0.3 is 6.09 Å². The Balaban J connectivity index is 1.49. The largest absolute Gasteiger partial charge is 0.445 e. The summed E-state index contributed by atoms with van der Waals surface area (Å²) in [6.45, 7) is 1.69. The number of fused-ring (bicyclic) bond motifs is 1. The van der Waals surface area contributed by atoms with E-state index >= 15 is 0 Å². The molecular formula is C22H25NO6. The van der Waals surface area contributed by atoms with E-state index in [1.54, 1.807) is 0 Å². The summed E-state index contributed by atoms with van der Waals surface area (Å²) < 4.78 is 17.3. The van der Waals surface area contributed by atoms with Crippen molar-refractivity contribution < 1.29 is 29.2 Å². The summed E-state index contributed by atoms with van der Waals surface area (Å²) in [7, 11) is 0. The maximum atomic E-state index is 12.8. The Bertz CT molecular complexity index is 828. The van der Waals surface area contributed by atoms with Crippen molar-refractivity contribution in [3.05, 3.63) is 71.8 Å². The molecule has 0 unspecified atom stereocenters. The number of ether oxygens (including phenoxy) is 3. The summed E-state index contributed by atoms with van der Waals surface area (Å²) in [6.07, 6.45) is -3.23. The number of nitrogens with zero attached hydrogens (tertiary/aromatic N) is 1. The van der Waals surface area contributed by atoms with Crippen LogP contribution in [-0.2, 0) is 20.8 Å². The number of rotatable bonds is 3. The van der Waals surface area contributed by atoms with E-state index in [9.17, 15) is 15.0 Å². The lowest BCUT2D eigenvalue weighted by atomic mass is 9.84. The quantitative estimate of drug-likeness (QED) is 0.823. The van der Waals surface area contributed by atoms with Gasteiger partial charge in [-0.1, -0.05) is 60.7 Å². The number of benzene rings is 2. The number of aliphatic hydroxyl groups is 2. The molecule has 2 fully saturated rings. The average molecular weight is 399 g/mol. The zero-order chi connectivity index (χ0) is 20.4. The van der Waals surface area contributed by atoms with Crippen molar-refractivity contribution in [2.24, 2.45) is 0 Å². The van der Waals surface area contributed by atoms with E-state index in [1.807, 2.05) is 60.7 Å². The monoisotopic (exact) mass is 399 g/mol. The van der Waals surface area contributed by atoms with Crippen molar-refractivity contribution in [1.29, 1.82) is 0 Å². The number of carbonyl (C=O) groups is 1. The predicted octanol–water partition coefficient (Wildman–Crippen LogP) is 2.23. The molecule has 4 rings (SSSR count). The first-order chi connectivity index (χ1) is 14.0. The van der Waals surface area contributed by atoms with Gasteiger partial charge in [0.1, 0.15) is 24.4 Å². The summed E-state index contributed by atoms with van der Waals surface area (Å²) in [6, 6.07) is 18.2. The van der Waals surface area contributed by atoms with E-state index < -0.39 is 36.2 Å². The minimum Gasteiger partial charge on any atom is -0.445 e. The fourth-order valence-corrected chi connectivity index (χ4v) is 3.80. The highest BCUT2D eigenvalue weighted by Gasteiger charge is 2.54. The summed E-state index contributed by atoms with van der Waals surface area (Å²) >= 11 is 0. The molecule has 154 valence electrons. The van der Waals surface area contributed by atoms with Crippen LogP contribution < -0.4 is 0 Å². The number of hydrogen-bond donors (Lipinski definition) is 2. The molecule has 1 amide bonds. The third-order valence-corrected chi connectivity index (χ3v) is 5.43. The van der Waals surface area contributed by atoms with Crippen LogP contribution in [0, 0.1) is 0 Å². The van der Waals surface area contributed by atoms with Crippen molar-refractivity contribution in [2.45, 2.75) is 43.7 Å². The highest BCUT2D eigenvalue weighted by Crippen LogP contribution is 2.36. The lowest BCUT2D eigenvalue weighted by Crippen LogP contribution is -2.70. The molecular weight excluding hydrogens is 374 g/mol. The average Bonchev–Trinajstić information content (AvgIpc) is 2.75. The number of piperidine rings is 1. The van der Waals surface area contributed by atoms with Crippen LogP contribution in [0.1, 0.15) is 24.3 Å². The van der Waals surface area contributed by atoms with Crippen LogP contribution in [0.5, 0.6) is 0 Å². The standard InChI is InChI=1S/C22H25NO6/c1-22(26)14-23(21(25)28-12-15-8-4-2-5-9-15)17-13-27-20(29-18(17)19(22)24)16-10-6-3-7-11-16/h2-11,17-20,24,26H,12-14H2,1H3/t17-,18-,19+,20-,22+/m1/s1. The van der Waals surface area contributed by atoms with Crippen LogP contribution in [0.25, 0.3) is 0 Å². The second kappa shape index (κ2) is 8.12. The van der Waals surface area contributed by atoms with Crippen LogP contribution in [0.3, 0.4) is 0 Å². The topological polar surface area (TPSA) is 88.5 Å². The Labute approximate surface area is 169 Å². The Morgan fingerprint density at radius 1 is 1.17 bits per heavy atom. The molecule has 5 atom stereocenters. The van der Waals surface area contributed by atoms with E-state index in [4.69, 9.17) is 14.2 Å². The molecule has 0 spiro atoms. The summed E-state index contributed by atoms with van der Waals surface area (Å²) in [4.78, 5) is 14.2. The third kappa shape index (κ3) is 4.13. The molecule has 29 heavy (non-hydrogen) atoms. The normalized spacial score (nSPS) is 31.8.